The van der Waals surface area contributed by atoms with Crippen LogP contribution in [0.2, 0.25) is 0 Å². The summed E-state index contributed by atoms with van der Waals surface area (Å²) >= 11 is 0. The van der Waals surface area contributed by atoms with E-state index in [-0.39, 0.29) is 24.3 Å². The Hall–Kier alpha value is -0.570. The molecule has 0 amide bonds. The van der Waals surface area contributed by atoms with Crippen LogP contribution in [0.5, 0.6) is 0 Å². The van der Waals surface area contributed by atoms with Gasteiger partial charge in [-0.25, -0.2) is 0 Å². The number of fused-ring (bicyclic) bond motifs is 5. The Morgan fingerprint density at radius 3 is 2.58 bits per heavy atom. The SMILES string of the molecule is CCC1CC(CC)C(C(=O)OCOC2(CC)CC3CC2C2CCCC32)C1. The van der Waals surface area contributed by atoms with E-state index in [4.69, 9.17) is 9.47 Å². The maximum Gasteiger partial charge on any atom is 0.311 e. The van der Waals surface area contributed by atoms with Crippen LogP contribution in [0, 0.1) is 41.4 Å². The smallest absolute Gasteiger partial charge is 0.311 e. The van der Waals surface area contributed by atoms with Gasteiger partial charge in [-0.2, -0.15) is 0 Å². The molecule has 2 bridgehead atoms. The topological polar surface area (TPSA) is 35.5 Å². The first-order chi connectivity index (χ1) is 12.6. The van der Waals surface area contributed by atoms with Crippen molar-refractivity contribution in [2.45, 2.75) is 90.6 Å². The van der Waals surface area contributed by atoms with E-state index in [1.807, 2.05) is 0 Å². The molecule has 4 aliphatic rings. The number of carbonyl (C=O) groups is 1. The van der Waals surface area contributed by atoms with Crippen molar-refractivity contribution in [2.24, 2.45) is 41.4 Å². The highest BCUT2D eigenvalue weighted by atomic mass is 16.7. The molecule has 0 spiro atoms. The quantitative estimate of drug-likeness (QED) is 0.439. The van der Waals surface area contributed by atoms with E-state index < -0.39 is 0 Å². The second-order valence-electron chi connectivity index (χ2n) is 9.73. The summed E-state index contributed by atoms with van der Waals surface area (Å²) in [5.41, 5.74) is -0.0117. The third kappa shape index (κ3) is 3.02. The number of hydrogen-bond donors (Lipinski definition) is 0. The van der Waals surface area contributed by atoms with Crippen LogP contribution >= 0.6 is 0 Å². The molecule has 4 fully saturated rings. The molecular formula is C23H38O3. The zero-order valence-electron chi connectivity index (χ0n) is 17.0. The Balaban J connectivity index is 1.32. The summed E-state index contributed by atoms with van der Waals surface area (Å²) < 4.78 is 12.1. The second-order valence-corrected chi connectivity index (χ2v) is 9.73. The van der Waals surface area contributed by atoms with Gasteiger partial charge in [-0.15, -0.1) is 0 Å². The van der Waals surface area contributed by atoms with Gasteiger partial charge in [0.15, 0.2) is 6.79 Å². The van der Waals surface area contributed by atoms with E-state index >= 15 is 0 Å². The first-order valence-corrected chi connectivity index (χ1v) is 11.4. The third-order valence-corrected chi connectivity index (χ3v) is 8.93. The Bertz CT molecular complexity index is 518. The fourth-order valence-corrected chi connectivity index (χ4v) is 7.51. The van der Waals surface area contributed by atoms with Crippen LogP contribution in [0.3, 0.4) is 0 Å². The maximum atomic E-state index is 12.7. The van der Waals surface area contributed by atoms with E-state index in [9.17, 15) is 4.79 Å². The van der Waals surface area contributed by atoms with Crippen molar-refractivity contribution in [2.75, 3.05) is 6.79 Å². The highest BCUT2D eigenvalue weighted by molar-refractivity contribution is 5.73. The fourth-order valence-electron chi connectivity index (χ4n) is 7.51. The average Bonchev–Trinajstić information content (AvgIpc) is 3.40. The minimum absolute atomic E-state index is 0.000882. The van der Waals surface area contributed by atoms with Gasteiger partial charge in [-0.3, -0.25) is 4.79 Å². The van der Waals surface area contributed by atoms with E-state index in [1.54, 1.807) is 0 Å². The third-order valence-electron chi connectivity index (χ3n) is 8.93. The van der Waals surface area contributed by atoms with Crippen molar-refractivity contribution in [1.82, 2.24) is 0 Å². The van der Waals surface area contributed by atoms with Crippen molar-refractivity contribution in [3.8, 4) is 0 Å². The van der Waals surface area contributed by atoms with Crippen LogP contribution in [0.25, 0.3) is 0 Å². The summed E-state index contributed by atoms with van der Waals surface area (Å²) in [5, 5.41) is 0. The first kappa shape index (κ1) is 18.8. The van der Waals surface area contributed by atoms with Crippen molar-refractivity contribution in [3.05, 3.63) is 0 Å². The monoisotopic (exact) mass is 362 g/mol. The van der Waals surface area contributed by atoms with E-state index in [2.05, 4.69) is 20.8 Å². The molecule has 0 heterocycles. The predicted octanol–water partition coefficient (Wildman–Crippen LogP) is 5.57. The molecule has 26 heavy (non-hydrogen) atoms. The molecular weight excluding hydrogens is 324 g/mol. The number of carbonyl (C=O) groups excluding carboxylic acids is 1. The van der Waals surface area contributed by atoms with Gasteiger partial charge in [0, 0.05) is 0 Å². The van der Waals surface area contributed by atoms with Crippen molar-refractivity contribution in [1.29, 1.82) is 0 Å². The summed E-state index contributed by atoms with van der Waals surface area (Å²) in [6.07, 6.45) is 12.4. The summed E-state index contributed by atoms with van der Waals surface area (Å²) in [6.45, 7) is 6.89. The molecule has 148 valence electrons. The van der Waals surface area contributed by atoms with Crippen LogP contribution in [-0.4, -0.2) is 18.4 Å². The lowest BCUT2D eigenvalue weighted by Crippen LogP contribution is -2.44. The van der Waals surface area contributed by atoms with Gasteiger partial charge in [-0.05, 0) is 80.5 Å². The van der Waals surface area contributed by atoms with Crippen molar-refractivity contribution < 1.29 is 14.3 Å². The Kier molecular flexibility index (Phi) is 5.38. The minimum atomic E-state index is -0.0117. The molecule has 8 unspecified atom stereocenters. The van der Waals surface area contributed by atoms with Gasteiger partial charge in [0.2, 0.25) is 0 Å². The average molecular weight is 363 g/mol. The highest BCUT2D eigenvalue weighted by Crippen LogP contribution is 2.64. The normalized spacial score (nSPS) is 46.7. The number of esters is 1. The predicted molar refractivity (Wildman–Crippen MR) is 102 cm³/mol. The van der Waals surface area contributed by atoms with Gasteiger partial charge >= 0.3 is 5.97 Å². The molecule has 0 aromatic heterocycles. The van der Waals surface area contributed by atoms with E-state index in [0.29, 0.717) is 17.8 Å². The van der Waals surface area contributed by atoms with Crippen LogP contribution in [0.4, 0.5) is 0 Å². The number of rotatable bonds is 7. The summed E-state index contributed by atoms with van der Waals surface area (Å²) in [7, 11) is 0. The van der Waals surface area contributed by atoms with Crippen LogP contribution in [-0.2, 0) is 14.3 Å². The van der Waals surface area contributed by atoms with E-state index in [1.165, 1.54) is 44.9 Å². The number of ether oxygens (including phenoxy) is 2. The molecule has 0 saturated heterocycles. The molecule has 8 atom stereocenters. The molecule has 0 aliphatic heterocycles. The van der Waals surface area contributed by atoms with Gasteiger partial charge in [0.1, 0.15) is 0 Å². The van der Waals surface area contributed by atoms with Crippen molar-refractivity contribution in [3.63, 3.8) is 0 Å². The lowest BCUT2D eigenvalue weighted by Gasteiger charge is -2.42. The summed E-state index contributed by atoms with van der Waals surface area (Å²) in [5.74, 6) is 4.75. The molecule has 4 rings (SSSR count). The molecule has 0 aromatic carbocycles. The molecule has 4 aliphatic carbocycles. The summed E-state index contributed by atoms with van der Waals surface area (Å²) in [4.78, 5) is 12.7. The van der Waals surface area contributed by atoms with Gasteiger partial charge < -0.3 is 9.47 Å². The number of hydrogen-bond acceptors (Lipinski definition) is 3. The lowest BCUT2D eigenvalue weighted by atomic mass is 9.72. The standard InChI is InChI=1S/C23H38O3/c1-4-15-10-16(5-2)20(11-15)22(24)25-14-26-23(6-3)13-17-12-21(23)19-9-7-8-18(17)19/h15-21H,4-14H2,1-3H3. The molecule has 3 nitrogen and oxygen atoms in total. The van der Waals surface area contributed by atoms with Gasteiger partial charge in [0.05, 0.1) is 11.5 Å². The van der Waals surface area contributed by atoms with Crippen LogP contribution in [0.15, 0.2) is 0 Å². The van der Waals surface area contributed by atoms with Crippen molar-refractivity contribution >= 4 is 5.97 Å². The zero-order valence-corrected chi connectivity index (χ0v) is 17.0. The Labute approximate surface area is 159 Å². The first-order valence-electron chi connectivity index (χ1n) is 11.4. The minimum Gasteiger partial charge on any atom is -0.438 e. The zero-order chi connectivity index (χ0) is 18.3. The summed E-state index contributed by atoms with van der Waals surface area (Å²) in [6, 6.07) is 0. The fraction of sp³-hybridized carbons (Fsp3) is 0.957. The van der Waals surface area contributed by atoms with Crippen LogP contribution in [0.1, 0.15) is 85.0 Å². The maximum absolute atomic E-state index is 12.7. The Morgan fingerprint density at radius 2 is 1.85 bits per heavy atom. The lowest BCUT2D eigenvalue weighted by molar-refractivity contribution is -0.192. The Morgan fingerprint density at radius 1 is 1.04 bits per heavy atom. The van der Waals surface area contributed by atoms with Crippen LogP contribution < -0.4 is 0 Å². The molecule has 0 aromatic rings. The molecule has 4 saturated carbocycles. The second kappa shape index (κ2) is 7.45. The molecule has 0 N–H and O–H groups in total. The van der Waals surface area contributed by atoms with Gasteiger partial charge in [0.25, 0.3) is 0 Å². The highest BCUT2D eigenvalue weighted by Gasteiger charge is 2.60. The largest absolute Gasteiger partial charge is 0.438 e. The molecule has 3 heteroatoms. The van der Waals surface area contributed by atoms with Gasteiger partial charge in [-0.1, -0.05) is 40.0 Å². The van der Waals surface area contributed by atoms with E-state index in [0.717, 1.165) is 37.0 Å². The molecule has 0 radical (unpaired) electrons.